The fraction of sp³-hybridized carbons (Fsp3) is 0.250. The van der Waals surface area contributed by atoms with Gasteiger partial charge in [0.15, 0.2) is 0 Å². The van der Waals surface area contributed by atoms with Crippen LogP contribution in [0.5, 0.6) is 0 Å². The minimum Gasteiger partial charge on any atom is -0.329 e. The van der Waals surface area contributed by atoms with Crippen LogP contribution in [-0.2, 0) is 0 Å². The molecule has 0 unspecified atom stereocenters. The largest absolute Gasteiger partial charge is 0.329 e. The maximum absolute atomic E-state index is 13.1. The zero-order valence-corrected chi connectivity index (χ0v) is 14.8. The number of aromatic nitrogens is 2. The second kappa shape index (κ2) is 6.76. The van der Waals surface area contributed by atoms with Crippen molar-refractivity contribution in [1.82, 2.24) is 14.9 Å². The van der Waals surface area contributed by atoms with Crippen LogP contribution in [0.15, 0.2) is 59.7 Å². The molecule has 0 spiro atoms. The molecule has 0 saturated heterocycles. The molecule has 1 fully saturated rings. The van der Waals surface area contributed by atoms with Gasteiger partial charge in [0.05, 0.1) is 17.2 Å². The molecule has 1 atom stereocenters. The number of pyridine rings is 1. The zero-order chi connectivity index (χ0) is 17.2. The van der Waals surface area contributed by atoms with Crippen molar-refractivity contribution >= 4 is 17.2 Å². The molecule has 0 bridgehead atoms. The summed E-state index contributed by atoms with van der Waals surface area (Å²) in [6.45, 7) is 2.08. The second-order valence-electron chi connectivity index (χ2n) is 6.36. The van der Waals surface area contributed by atoms with Crippen molar-refractivity contribution in [2.45, 2.75) is 31.8 Å². The number of rotatable bonds is 5. The Kier molecular flexibility index (Phi) is 4.32. The first-order valence-corrected chi connectivity index (χ1v) is 9.39. The molecule has 4 rings (SSSR count). The number of hydrogen-bond donors (Lipinski definition) is 0. The van der Waals surface area contributed by atoms with E-state index in [1.165, 1.54) is 0 Å². The van der Waals surface area contributed by atoms with E-state index in [9.17, 15) is 4.79 Å². The fourth-order valence-electron chi connectivity index (χ4n) is 3.08. The van der Waals surface area contributed by atoms with Crippen LogP contribution in [0.2, 0.25) is 0 Å². The third-order valence-corrected chi connectivity index (χ3v) is 5.21. The summed E-state index contributed by atoms with van der Waals surface area (Å²) in [6, 6.07) is 12.1. The van der Waals surface area contributed by atoms with E-state index in [1.54, 1.807) is 17.5 Å². The van der Waals surface area contributed by atoms with E-state index in [1.807, 2.05) is 58.4 Å². The zero-order valence-electron chi connectivity index (χ0n) is 14.0. The average molecular weight is 349 g/mol. The Labute approximate surface area is 151 Å². The Bertz CT molecular complexity index is 842. The minimum atomic E-state index is 0.0203. The monoisotopic (exact) mass is 349 g/mol. The molecule has 1 aliphatic carbocycles. The van der Waals surface area contributed by atoms with Gasteiger partial charge in [-0.1, -0.05) is 18.2 Å². The molecule has 5 heteroatoms. The number of hydrogen-bond acceptors (Lipinski definition) is 4. The first-order valence-electron chi connectivity index (χ1n) is 8.45. The normalized spacial score (nSPS) is 14.9. The van der Waals surface area contributed by atoms with Gasteiger partial charge in [0, 0.05) is 34.9 Å². The van der Waals surface area contributed by atoms with E-state index in [-0.39, 0.29) is 11.9 Å². The maximum atomic E-state index is 13.1. The molecular formula is C20H19N3OS. The topological polar surface area (TPSA) is 46.1 Å². The van der Waals surface area contributed by atoms with Gasteiger partial charge in [-0.3, -0.25) is 9.78 Å². The lowest BCUT2D eigenvalue weighted by Crippen LogP contribution is -2.35. The predicted octanol–water partition coefficient (Wildman–Crippen LogP) is 4.57. The van der Waals surface area contributed by atoms with Gasteiger partial charge in [0.1, 0.15) is 0 Å². The molecule has 1 aliphatic rings. The molecule has 25 heavy (non-hydrogen) atoms. The summed E-state index contributed by atoms with van der Waals surface area (Å²) >= 11 is 1.57. The summed E-state index contributed by atoms with van der Waals surface area (Å²) in [5.74, 6) is 0.0867. The Hall–Kier alpha value is -2.53. The second-order valence-corrected chi connectivity index (χ2v) is 7.08. The molecule has 2 heterocycles. The van der Waals surface area contributed by atoms with Gasteiger partial charge in [0.2, 0.25) is 0 Å². The van der Waals surface area contributed by atoms with Crippen molar-refractivity contribution in [3.8, 4) is 11.3 Å². The lowest BCUT2D eigenvalue weighted by Gasteiger charge is -2.29. The predicted molar refractivity (Wildman–Crippen MR) is 99.4 cm³/mol. The Morgan fingerprint density at radius 3 is 2.64 bits per heavy atom. The highest BCUT2D eigenvalue weighted by molar-refractivity contribution is 7.07. The van der Waals surface area contributed by atoms with Gasteiger partial charge in [-0.25, -0.2) is 4.98 Å². The highest BCUT2D eigenvalue weighted by Gasteiger charge is 2.36. The lowest BCUT2D eigenvalue weighted by molar-refractivity contribution is 0.0673. The third kappa shape index (κ3) is 3.33. The molecule has 126 valence electrons. The van der Waals surface area contributed by atoms with Crippen LogP contribution in [0.4, 0.5) is 0 Å². The minimum absolute atomic E-state index is 0.0203. The molecule has 0 N–H and O–H groups in total. The average Bonchev–Trinajstić information content (AvgIpc) is 3.34. The van der Waals surface area contributed by atoms with Gasteiger partial charge in [-0.15, -0.1) is 11.3 Å². The molecular weight excluding hydrogens is 330 g/mol. The van der Waals surface area contributed by atoms with Gasteiger partial charge in [0.25, 0.3) is 5.91 Å². The Morgan fingerprint density at radius 2 is 2.04 bits per heavy atom. The number of amides is 1. The summed E-state index contributed by atoms with van der Waals surface area (Å²) in [7, 11) is 0. The van der Waals surface area contributed by atoms with Gasteiger partial charge >= 0.3 is 0 Å². The van der Waals surface area contributed by atoms with Gasteiger partial charge < -0.3 is 4.90 Å². The van der Waals surface area contributed by atoms with Crippen LogP contribution in [0.25, 0.3) is 11.3 Å². The molecule has 0 radical (unpaired) electrons. The smallest absolute Gasteiger partial charge is 0.254 e. The molecule has 1 amide bonds. The molecule has 1 aromatic carbocycles. The number of benzene rings is 1. The number of carbonyl (C=O) groups excluding carboxylic acids is 1. The van der Waals surface area contributed by atoms with E-state index >= 15 is 0 Å². The summed E-state index contributed by atoms with van der Waals surface area (Å²) in [4.78, 5) is 23.7. The molecule has 4 nitrogen and oxygen atoms in total. The van der Waals surface area contributed by atoms with Crippen LogP contribution in [0.1, 0.15) is 41.7 Å². The van der Waals surface area contributed by atoms with E-state index < -0.39 is 0 Å². The van der Waals surface area contributed by atoms with Crippen LogP contribution >= 0.6 is 11.3 Å². The van der Waals surface area contributed by atoms with Crippen molar-refractivity contribution in [3.63, 3.8) is 0 Å². The van der Waals surface area contributed by atoms with E-state index in [2.05, 4.69) is 16.9 Å². The van der Waals surface area contributed by atoms with E-state index in [0.717, 1.165) is 35.2 Å². The molecule has 2 aromatic heterocycles. The first kappa shape index (κ1) is 16.0. The van der Waals surface area contributed by atoms with Crippen molar-refractivity contribution < 1.29 is 4.79 Å². The van der Waals surface area contributed by atoms with E-state index in [0.29, 0.717) is 6.04 Å². The van der Waals surface area contributed by atoms with Crippen LogP contribution in [0.3, 0.4) is 0 Å². The highest BCUT2D eigenvalue weighted by atomic mass is 32.1. The first-order chi connectivity index (χ1) is 12.2. The van der Waals surface area contributed by atoms with Crippen LogP contribution in [0, 0.1) is 0 Å². The Morgan fingerprint density at radius 1 is 1.24 bits per heavy atom. The van der Waals surface area contributed by atoms with E-state index in [4.69, 9.17) is 0 Å². The molecule has 0 aliphatic heterocycles. The maximum Gasteiger partial charge on any atom is 0.254 e. The summed E-state index contributed by atoms with van der Waals surface area (Å²) in [5, 5.41) is 2.01. The summed E-state index contributed by atoms with van der Waals surface area (Å²) in [6.07, 6.45) is 5.76. The van der Waals surface area contributed by atoms with Crippen molar-refractivity contribution in [3.05, 3.63) is 70.8 Å². The number of carbonyl (C=O) groups is 1. The number of nitrogens with zero attached hydrogens (tertiary/aromatic N) is 3. The fourth-order valence-corrected chi connectivity index (χ4v) is 3.64. The standard InChI is InChI=1S/C20H19N3OS/c1-14(17-3-2-10-21-11-17)23(18-8-9-18)20(24)16-6-4-15(5-7-16)19-12-25-13-22-19/h2-7,10-14,18H,8-9H2,1H3/t14-/m1/s1. The number of thiazole rings is 1. The van der Waals surface area contributed by atoms with Crippen molar-refractivity contribution in [2.24, 2.45) is 0 Å². The van der Waals surface area contributed by atoms with Crippen molar-refractivity contribution in [1.29, 1.82) is 0 Å². The highest BCUT2D eigenvalue weighted by Crippen LogP contribution is 2.35. The van der Waals surface area contributed by atoms with Gasteiger partial charge in [-0.05, 0) is 43.5 Å². The van der Waals surface area contributed by atoms with Gasteiger partial charge in [-0.2, -0.15) is 0 Å². The summed E-state index contributed by atoms with van der Waals surface area (Å²) < 4.78 is 0. The van der Waals surface area contributed by atoms with Crippen LogP contribution in [-0.4, -0.2) is 26.8 Å². The van der Waals surface area contributed by atoms with Crippen molar-refractivity contribution in [2.75, 3.05) is 0 Å². The third-order valence-electron chi connectivity index (χ3n) is 4.62. The Balaban J connectivity index is 1.59. The van der Waals surface area contributed by atoms with Crippen LogP contribution < -0.4 is 0 Å². The quantitative estimate of drug-likeness (QED) is 0.678. The summed E-state index contributed by atoms with van der Waals surface area (Å²) in [5.41, 5.74) is 5.60. The molecule has 3 aromatic rings. The SMILES string of the molecule is C[C@H](c1cccnc1)N(C(=O)c1ccc(-c2cscn2)cc1)C1CC1. The molecule has 1 saturated carbocycles. The lowest BCUT2D eigenvalue weighted by atomic mass is 10.1.